The van der Waals surface area contributed by atoms with Crippen LogP contribution < -0.4 is 5.32 Å². The fourth-order valence-electron chi connectivity index (χ4n) is 2.14. The van der Waals surface area contributed by atoms with Crippen molar-refractivity contribution in [3.8, 4) is 0 Å². The van der Waals surface area contributed by atoms with Gasteiger partial charge < -0.3 is 5.32 Å². The van der Waals surface area contributed by atoms with E-state index in [2.05, 4.69) is 46.9 Å². The summed E-state index contributed by atoms with van der Waals surface area (Å²) in [7, 11) is 0. The summed E-state index contributed by atoms with van der Waals surface area (Å²) >= 11 is 1.84. The predicted octanol–water partition coefficient (Wildman–Crippen LogP) is 2.75. The zero-order chi connectivity index (χ0) is 13.9. The van der Waals surface area contributed by atoms with E-state index in [0.29, 0.717) is 0 Å². The van der Waals surface area contributed by atoms with Gasteiger partial charge in [0.1, 0.15) is 0 Å². The normalized spacial score (nSPS) is 24.9. The van der Waals surface area contributed by atoms with Crippen molar-refractivity contribution in [2.75, 3.05) is 12.3 Å². The highest BCUT2D eigenvalue weighted by Gasteiger charge is 2.30. The molecule has 2 heterocycles. The summed E-state index contributed by atoms with van der Waals surface area (Å²) in [6.45, 7) is 10.4. The lowest BCUT2D eigenvalue weighted by atomic mass is 10.0. The number of nitrogens with one attached hydrogen (secondary N) is 1. The molecule has 0 saturated carbocycles. The van der Waals surface area contributed by atoms with E-state index in [0.717, 1.165) is 42.5 Å². The van der Waals surface area contributed by atoms with E-state index in [1.807, 2.05) is 18.7 Å². The molecule has 0 aliphatic carbocycles. The minimum Gasteiger partial charge on any atom is -0.359 e. The first-order chi connectivity index (χ1) is 9.02. The van der Waals surface area contributed by atoms with Gasteiger partial charge in [0.25, 0.3) is 0 Å². The van der Waals surface area contributed by atoms with Crippen molar-refractivity contribution in [1.29, 1.82) is 0 Å². The maximum Gasteiger partial charge on any atom is 0.157 e. The fraction of sp³-hybridized carbons (Fsp3) is 0.714. The number of aliphatic imine (C=N–C) groups is 1. The van der Waals surface area contributed by atoms with Crippen molar-refractivity contribution in [2.45, 2.75) is 52.6 Å². The molecule has 4 nitrogen and oxygen atoms in total. The number of thioether (sulfide) groups is 1. The molecule has 5 heteroatoms. The Morgan fingerprint density at radius 3 is 2.89 bits per heavy atom. The van der Waals surface area contributed by atoms with Gasteiger partial charge in [0.2, 0.25) is 0 Å². The maximum absolute atomic E-state index is 4.65. The number of amidine groups is 1. The highest BCUT2D eigenvalue weighted by molar-refractivity contribution is 8.14. The molecule has 1 saturated heterocycles. The van der Waals surface area contributed by atoms with Gasteiger partial charge in [-0.2, -0.15) is 5.10 Å². The third-order valence-electron chi connectivity index (χ3n) is 3.60. The Bertz CT molecular complexity index is 466. The second kappa shape index (κ2) is 5.99. The highest BCUT2D eigenvalue weighted by Crippen LogP contribution is 2.25. The standard InChI is InChI=1S/C14H24N4S/c1-5-14(4)10-19-13(16-14)15-7-6-8-18-12(3)9-11(2)17-18/h9H,5-8,10H2,1-4H3,(H,15,16). The highest BCUT2D eigenvalue weighted by atomic mass is 32.2. The number of aryl methyl sites for hydroxylation is 3. The zero-order valence-electron chi connectivity index (χ0n) is 12.4. The molecule has 0 spiro atoms. The zero-order valence-corrected chi connectivity index (χ0v) is 13.2. The Hall–Kier alpha value is -0.970. The monoisotopic (exact) mass is 280 g/mol. The van der Waals surface area contributed by atoms with Gasteiger partial charge in [-0.05, 0) is 39.7 Å². The van der Waals surface area contributed by atoms with Gasteiger partial charge in [-0.25, -0.2) is 0 Å². The third kappa shape index (κ3) is 3.75. The Morgan fingerprint density at radius 1 is 1.53 bits per heavy atom. The molecule has 0 amide bonds. The van der Waals surface area contributed by atoms with Crippen molar-refractivity contribution < 1.29 is 0 Å². The molecule has 0 aromatic carbocycles. The van der Waals surface area contributed by atoms with E-state index >= 15 is 0 Å². The minimum absolute atomic E-state index is 0.235. The molecule has 0 radical (unpaired) electrons. The Morgan fingerprint density at radius 2 is 2.32 bits per heavy atom. The van der Waals surface area contributed by atoms with Crippen LogP contribution in [0.2, 0.25) is 0 Å². The summed E-state index contributed by atoms with van der Waals surface area (Å²) in [5, 5.41) is 9.09. The lowest BCUT2D eigenvalue weighted by Gasteiger charge is -2.20. The second-order valence-electron chi connectivity index (χ2n) is 5.52. The van der Waals surface area contributed by atoms with Crippen LogP contribution in [0.5, 0.6) is 0 Å². The van der Waals surface area contributed by atoms with Crippen LogP contribution in [0.3, 0.4) is 0 Å². The van der Waals surface area contributed by atoms with Crippen LogP contribution in [0.1, 0.15) is 38.1 Å². The van der Waals surface area contributed by atoms with E-state index < -0.39 is 0 Å². The molecule has 1 atom stereocenters. The smallest absolute Gasteiger partial charge is 0.157 e. The lowest BCUT2D eigenvalue weighted by molar-refractivity contribution is 0.466. The van der Waals surface area contributed by atoms with Crippen LogP contribution in [0.25, 0.3) is 0 Å². The molecule has 2 rings (SSSR count). The molecule has 1 aromatic heterocycles. The average Bonchev–Trinajstić information content (AvgIpc) is 2.89. The Labute approximate surface area is 120 Å². The van der Waals surface area contributed by atoms with Gasteiger partial charge in [-0.15, -0.1) is 0 Å². The van der Waals surface area contributed by atoms with Crippen molar-refractivity contribution in [2.24, 2.45) is 4.99 Å². The van der Waals surface area contributed by atoms with E-state index in [4.69, 9.17) is 0 Å². The van der Waals surface area contributed by atoms with Crippen molar-refractivity contribution in [3.05, 3.63) is 17.5 Å². The molecule has 1 N–H and O–H groups in total. The molecule has 1 aromatic rings. The fourth-order valence-corrected chi connectivity index (χ4v) is 3.37. The van der Waals surface area contributed by atoms with Crippen LogP contribution >= 0.6 is 11.8 Å². The first-order valence-corrected chi connectivity index (χ1v) is 7.97. The van der Waals surface area contributed by atoms with Gasteiger partial charge in [0.05, 0.1) is 5.69 Å². The summed E-state index contributed by atoms with van der Waals surface area (Å²) in [5.41, 5.74) is 2.56. The number of aromatic nitrogens is 2. The van der Waals surface area contributed by atoms with E-state index in [1.54, 1.807) is 0 Å². The average molecular weight is 280 g/mol. The van der Waals surface area contributed by atoms with Crippen molar-refractivity contribution >= 4 is 16.9 Å². The summed E-state index contributed by atoms with van der Waals surface area (Å²) in [6.07, 6.45) is 2.18. The van der Waals surface area contributed by atoms with Gasteiger partial charge >= 0.3 is 0 Å². The van der Waals surface area contributed by atoms with Gasteiger partial charge in [-0.1, -0.05) is 18.7 Å². The largest absolute Gasteiger partial charge is 0.359 e. The molecular weight excluding hydrogens is 256 g/mol. The summed E-state index contributed by atoms with van der Waals surface area (Å²) in [4.78, 5) is 4.65. The molecule has 0 bridgehead atoms. The summed E-state index contributed by atoms with van der Waals surface area (Å²) < 4.78 is 2.07. The van der Waals surface area contributed by atoms with Gasteiger partial charge in [-0.3, -0.25) is 9.67 Å². The minimum atomic E-state index is 0.235. The number of rotatable bonds is 5. The van der Waals surface area contributed by atoms with Gasteiger partial charge in [0, 0.05) is 30.1 Å². The lowest BCUT2D eigenvalue weighted by Crippen LogP contribution is -2.39. The molecule has 1 aliphatic heterocycles. The molecular formula is C14H24N4S. The van der Waals surface area contributed by atoms with E-state index in [9.17, 15) is 0 Å². The molecule has 1 aliphatic rings. The number of nitrogens with zero attached hydrogens (tertiary/aromatic N) is 3. The van der Waals surface area contributed by atoms with Crippen LogP contribution in [0.15, 0.2) is 11.1 Å². The first-order valence-electron chi connectivity index (χ1n) is 6.99. The topological polar surface area (TPSA) is 42.2 Å². The molecule has 19 heavy (non-hydrogen) atoms. The van der Waals surface area contributed by atoms with Gasteiger partial charge in [0.15, 0.2) is 5.17 Å². The number of hydrogen-bond donors (Lipinski definition) is 1. The van der Waals surface area contributed by atoms with Crippen molar-refractivity contribution in [3.63, 3.8) is 0 Å². The SMILES string of the molecule is CCC1(C)CSC(=NCCCn2nc(C)cc2C)N1. The molecule has 1 fully saturated rings. The maximum atomic E-state index is 4.65. The Kier molecular flexibility index (Phi) is 4.55. The quantitative estimate of drug-likeness (QED) is 0.843. The van der Waals surface area contributed by atoms with Crippen LogP contribution in [0, 0.1) is 13.8 Å². The van der Waals surface area contributed by atoms with E-state index in [-0.39, 0.29) is 5.54 Å². The number of hydrogen-bond acceptors (Lipinski definition) is 3. The van der Waals surface area contributed by atoms with Crippen LogP contribution in [-0.2, 0) is 6.54 Å². The summed E-state index contributed by atoms with van der Waals surface area (Å²) in [5.74, 6) is 1.12. The predicted molar refractivity (Wildman–Crippen MR) is 82.9 cm³/mol. The van der Waals surface area contributed by atoms with Crippen LogP contribution in [0.4, 0.5) is 0 Å². The molecule has 106 valence electrons. The second-order valence-corrected chi connectivity index (χ2v) is 6.48. The first kappa shape index (κ1) is 14.4. The third-order valence-corrected chi connectivity index (χ3v) is 4.89. The Balaban J connectivity index is 1.77. The van der Waals surface area contributed by atoms with E-state index in [1.165, 1.54) is 5.69 Å². The van der Waals surface area contributed by atoms with Crippen molar-refractivity contribution in [1.82, 2.24) is 15.1 Å². The molecule has 1 unspecified atom stereocenters. The van der Waals surface area contributed by atoms with Crippen LogP contribution in [-0.4, -0.2) is 32.8 Å². The summed E-state index contributed by atoms with van der Waals surface area (Å²) in [6, 6.07) is 2.12.